The quantitative estimate of drug-likeness (QED) is 0.750. The van der Waals surface area contributed by atoms with E-state index in [-0.39, 0.29) is 5.91 Å². The number of carbonyl (C=O) groups is 1. The Morgan fingerprint density at radius 1 is 1.32 bits per heavy atom. The molecule has 0 saturated heterocycles. The van der Waals surface area contributed by atoms with Gasteiger partial charge >= 0.3 is 0 Å². The van der Waals surface area contributed by atoms with Gasteiger partial charge in [-0.05, 0) is 42.0 Å². The summed E-state index contributed by atoms with van der Waals surface area (Å²) in [5.74, 6) is 0.844. The van der Waals surface area contributed by atoms with Crippen molar-refractivity contribution in [3.05, 3.63) is 52.8 Å². The standard InChI is InChI=1S/C17H21ClN2OS/c1-3-8-20-9-7-13(12-20)11-19-17(21)15-6-5-14(18)10-16(15)22-4-2/h5-7,9-10,12H,3-4,8,11H2,1-2H3,(H,19,21). The summed E-state index contributed by atoms with van der Waals surface area (Å²) in [6.45, 7) is 5.75. The van der Waals surface area contributed by atoms with Crippen LogP contribution in [0.2, 0.25) is 5.02 Å². The van der Waals surface area contributed by atoms with E-state index in [1.807, 2.05) is 18.3 Å². The first-order valence-corrected chi connectivity index (χ1v) is 8.85. The smallest absolute Gasteiger partial charge is 0.252 e. The van der Waals surface area contributed by atoms with Crippen molar-refractivity contribution in [1.29, 1.82) is 0 Å². The Morgan fingerprint density at radius 2 is 2.14 bits per heavy atom. The number of hydrogen-bond donors (Lipinski definition) is 1. The number of nitrogens with one attached hydrogen (secondary N) is 1. The molecule has 22 heavy (non-hydrogen) atoms. The van der Waals surface area contributed by atoms with Crippen LogP contribution in [0.1, 0.15) is 36.2 Å². The van der Waals surface area contributed by atoms with Gasteiger partial charge in [-0.25, -0.2) is 0 Å². The largest absolute Gasteiger partial charge is 0.354 e. The highest BCUT2D eigenvalue weighted by Crippen LogP contribution is 2.26. The number of hydrogen-bond acceptors (Lipinski definition) is 2. The lowest BCUT2D eigenvalue weighted by molar-refractivity contribution is 0.0948. The van der Waals surface area contributed by atoms with Gasteiger partial charge in [0.25, 0.3) is 5.91 Å². The molecule has 3 nitrogen and oxygen atoms in total. The zero-order valence-electron chi connectivity index (χ0n) is 12.9. The van der Waals surface area contributed by atoms with E-state index in [1.165, 1.54) is 0 Å². The summed E-state index contributed by atoms with van der Waals surface area (Å²) in [5, 5.41) is 3.64. The van der Waals surface area contributed by atoms with Crippen molar-refractivity contribution >= 4 is 29.3 Å². The third kappa shape index (κ3) is 4.55. The molecule has 0 radical (unpaired) electrons. The number of carbonyl (C=O) groups excluding carboxylic acids is 1. The van der Waals surface area contributed by atoms with Crippen molar-refractivity contribution in [3.8, 4) is 0 Å². The summed E-state index contributed by atoms with van der Waals surface area (Å²) >= 11 is 7.64. The molecule has 0 aliphatic rings. The number of aryl methyl sites for hydroxylation is 1. The van der Waals surface area contributed by atoms with Gasteiger partial charge in [0, 0.05) is 35.4 Å². The van der Waals surface area contributed by atoms with E-state index >= 15 is 0 Å². The molecule has 0 aliphatic heterocycles. The second kappa shape index (κ2) is 8.30. The van der Waals surface area contributed by atoms with E-state index in [0.29, 0.717) is 17.1 Å². The summed E-state index contributed by atoms with van der Waals surface area (Å²) in [5.41, 5.74) is 1.80. The van der Waals surface area contributed by atoms with Crippen LogP contribution in [0.25, 0.3) is 0 Å². The first kappa shape index (κ1) is 17.0. The summed E-state index contributed by atoms with van der Waals surface area (Å²) in [6.07, 6.45) is 5.22. The molecule has 2 aromatic rings. The second-order valence-electron chi connectivity index (χ2n) is 5.01. The molecule has 0 unspecified atom stereocenters. The van der Waals surface area contributed by atoms with E-state index in [9.17, 15) is 4.79 Å². The minimum absolute atomic E-state index is 0.0594. The van der Waals surface area contributed by atoms with Crippen molar-refractivity contribution in [2.75, 3.05) is 5.75 Å². The third-order valence-corrected chi connectivity index (χ3v) is 4.41. The van der Waals surface area contributed by atoms with Crippen molar-refractivity contribution in [2.24, 2.45) is 0 Å². The SMILES string of the molecule is CCCn1ccc(CNC(=O)c2ccc(Cl)cc2SCC)c1. The number of nitrogens with zero attached hydrogens (tertiary/aromatic N) is 1. The van der Waals surface area contributed by atoms with Crippen molar-refractivity contribution in [3.63, 3.8) is 0 Å². The molecule has 2 rings (SSSR count). The van der Waals surface area contributed by atoms with Crippen LogP contribution in [0.5, 0.6) is 0 Å². The molecule has 118 valence electrons. The molecular formula is C17H21ClN2OS. The highest BCUT2D eigenvalue weighted by molar-refractivity contribution is 7.99. The van der Waals surface area contributed by atoms with Crippen LogP contribution in [0.3, 0.4) is 0 Å². The number of benzene rings is 1. The lowest BCUT2D eigenvalue weighted by Crippen LogP contribution is -2.23. The molecule has 0 aliphatic carbocycles. The molecule has 5 heteroatoms. The maximum atomic E-state index is 12.4. The molecule has 1 amide bonds. The minimum Gasteiger partial charge on any atom is -0.354 e. The van der Waals surface area contributed by atoms with Crippen LogP contribution in [-0.4, -0.2) is 16.2 Å². The van der Waals surface area contributed by atoms with E-state index in [0.717, 1.165) is 29.2 Å². The van der Waals surface area contributed by atoms with Gasteiger partial charge in [-0.15, -0.1) is 11.8 Å². The Bertz CT molecular complexity index is 639. The van der Waals surface area contributed by atoms with Gasteiger partial charge in [-0.3, -0.25) is 4.79 Å². The second-order valence-corrected chi connectivity index (χ2v) is 6.76. The fraction of sp³-hybridized carbons (Fsp3) is 0.353. The van der Waals surface area contributed by atoms with E-state index in [2.05, 4.69) is 29.9 Å². The number of halogens is 1. The number of aromatic nitrogens is 1. The average molecular weight is 337 g/mol. The van der Waals surface area contributed by atoms with E-state index < -0.39 is 0 Å². The van der Waals surface area contributed by atoms with Crippen LogP contribution in [0.4, 0.5) is 0 Å². The fourth-order valence-electron chi connectivity index (χ4n) is 2.23. The molecule has 1 aromatic carbocycles. The first-order valence-electron chi connectivity index (χ1n) is 7.49. The third-order valence-electron chi connectivity index (χ3n) is 3.23. The molecular weight excluding hydrogens is 316 g/mol. The maximum Gasteiger partial charge on any atom is 0.252 e. The van der Waals surface area contributed by atoms with Crippen LogP contribution >= 0.6 is 23.4 Å². The number of rotatable bonds is 7. The zero-order chi connectivity index (χ0) is 15.9. The highest BCUT2D eigenvalue weighted by atomic mass is 35.5. The van der Waals surface area contributed by atoms with Crippen LogP contribution in [0.15, 0.2) is 41.6 Å². The Labute approximate surface area is 141 Å². The molecule has 1 N–H and O–H groups in total. The Balaban J connectivity index is 2.02. The predicted molar refractivity (Wildman–Crippen MR) is 93.7 cm³/mol. The molecule has 0 spiro atoms. The Hall–Kier alpha value is -1.39. The van der Waals surface area contributed by atoms with Gasteiger partial charge < -0.3 is 9.88 Å². The lowest BCUT2D eigenvalue weighted by Gasteiger charge is -2.09. The summed E-state index contributed by atoms with van der Waals surface area (Å²) < 4.78 is 2.14. The fourth-order valence-corrected chi connectivity index (χ4v) is 3.30. The number of amides is 1. The normalized spacial score (nSPS) is 10.7. The molecule has 0 saturated carbocycles. The van der Waals surface area contributed by atoms with Gasteiger partial charge in [0.1, 0.15) is 0 Å². The van der Waals surface area contributed by atoms with Gasteiger partial charge in [0.2, 0.25) is 0 Å². The Kier molecular flexibility index (Phi) is 6.40. The van der Waals surface area contributed by atoms with Gasteiger partial charge in [0.05, 0.1) is 5.56 Å². The lowest BCUT2D eigenvalue weighted by atomic mass is 10.2. The topological polar surface area (TPSA) is 34.0 Å². The van der Waals surface area contributed by atoms with Crippen molar-refractivity contribution < 1.29 is 4.79 Å². The summed E-state index contributed by atoms with van der Waals surface area (Å²) in [7, 11) is 0. The highest BCUT2D eigenvalue weighted by Gasteiger charge is 2.12. The van der Waals surface area contributed by atoms with Crippen molar-refractivity contribution in [2.45, 2.75) is 38.3 Å². The monoisotopic (exact) mass is 336 g/mol. The molecule has 1 heterocycles. The van der Waals surface area contributed by atoms with Crippen molar-refractivity contribution in [1.82, 2.24) is 9.88 Å². The molecule has 0 bridgehead atoms. The van der Waals surface area contributed by atoms with Gasteiger partial charge in [0.15, 0.2) is 0 Å². The molecule has 0 atom stereocenters. The maximum absolute atomic E-state index is 12.4. The number of thioether (sulfide) groups is 1. The first-order chi connectivity index (χ1) is 10.6. The van der Waals surface area contributed by atoms with Gasteiger partial charge in [-0.2, -0.15) is 0 Å². The van der Waals surface area contributed by atoms with E-state index in [4.69, 9.17) is 11.6 Å². The predicted octanol–water partition coefficient (Wildman–Crippen LogP) is 4.59. The average Bonchev–Trinajstić information content (AvgIpc) is 2.93. The summed E-state index contributed by atoms with van der Waals surface area (Å²) in [6, 6.07) is 7.44. The Morgan fingerprint density at radius 3 is 2.86 bits per heavy atom. The van der Waals surface area contributed by atoms with Crippen LogP contribution < -0.4 is 5.32 Å². The zero-order valence-corrected chi connectivity index (χ0v) is 14.5. The summed E-state index contributed by atoms with van der Waals surface area (Å²) in [4.78, 5) is 13.3. The molecule has 0 fully saturated rings. The van der Waals surface area contributed by atoms with Crippen LogP contribution in [0, 0.1) is 0 Å². The minimum atomic E-state index is -0.0594. The van der Waals surface area contributed by atoms with Crippen LogP contribution in [-0.2, 0) is 13.1 Å². The van der Waals surface area contributed by atoms with Gasteiger partial charge in [-0.1, -0.05) is 25.4 Å². The molecule has 1 aromatic heterocycles. The van der Waals surface area contributed by atoms with E-state index in [1.54, 1.807) is 23.9 Å².